The minimum absolute atomic E-state index is 0.227. The van der Waals surface area contributed by atoms with E-state index in [1.165, 1.54) is 11.1 Å². The van der Waals surface area contributed by atoms with E-state index in [0.29, 0.717) is 0 Å². The number of nitrogens with zero attached hydrogens (tertiary/aromatic N) is 1. The van der Waals surface area contributed by atoms with E-state index < -0.39 is 5.97 Å². The zero-order valence-corrected chi connectivity index (χ0v) is 12.5. The van der Waals surface area contributed by atoms with Crippen LogP contribution >= 0.6 is 0 Å². The third-order valence-corrected chi connectivity index (χ3v) is 4.87. The van der Waals surface area contributed by atoms with Crippen molar-refractivity contribution in [3.8, 4) is 5.75 Å². The molecule has 1 aromatic carbocycles. The second kappa shape index (κ2) is 6.06. The quantitative estimate of drug-likeness (QED) is 0.929. The average Bonchev–Trinajstić information content (AvgIpc) is 2.53. The fraction of sp³-hybridized carbons (Fsp3) is 0.588. The van der Waals surface area contributed by atoms with Crippen LogP contribution in [0.2, 0.25) is 0 Å². The Bertz CT molecular complexity index is 529. The summed E-state index contributed by atoms with van der Waals surface area (Å²) in [6.45, 7) is 0.887. The van der Waals surface area contributed by atoms with E-state index in [2.05, 4.69) is 17.0 Å². The van der Waals surface area contributed by atoms with Gasteiger partial charge in [0, 0.05) is 6.04 Å². The molecule has 2 unspecified atom stereocenters. The Labute approximate surface area is 125 Å². The summed E-state index contributed by atoms with van der Waals surface area (Å²) in [6.07, 6.45) is 6.15. The van der Waals surface area contributed by atoms with Gasteiger partial charge in [-0.15, -0.1) is 0 Å². The standard InChI is InChI=1S/C17H23NO3/c1-21-13-9-8-12-5-4-7-15(14(12)11-13)18-10-3-2-6-16(18)17(19)20/h8-9,11,15-16H,2-7,10H2,1H3,(H,19,20). The molecule has 2 atom stereocenters. The van der Waals surface area contributed by atoms with Crippen LogP contribution in [0, 0.1) is 0 Å². The maximum Gasteiger partial charge on any atom is 0.320 e. The maximum atomic E-state index is 11.6. The number of aryl methyl sites for hydroxylation is 1. The number of ether oxygens (including phenoxy) is 1. The lowest BCUT2D eigenvalue weighted by molar-refractivity contribution is -0.146. The Morgan fingerprint density at radius 3 is 2.90 bits per heavy atom. The molecule has 0 spiro atoms. The Morgan fingerprint density at radius 1 is 1.29 bits per heavy atom. The molecule has 3 rings (SSSR count). The minimum atomic E-state index is -0.676. The van der Waals surface area contributed by atoms with Crippen molar-refractivity contribution in [2.24, 2.45) is 0 Å². The molecule has 1 heterocycles. The summed E-state index contributed by atoms with van der Waals surface area (Å²) in [5.74, 6) is 0.189. The first-order valence-electron chi connectivity index (χ1n) is 7.86. The number of hydrogen-bond acceptors (Lipinski definition) is 3. The van der Waals surface area contributed by atoms with Gasteiger partial charge in [0.25, 0.3) is 0 Å². The van der Waals surface area contributed by atoms with Crippen LogP contribution in [-0.4, -0.2) is 35.7 Å². The predicted molar refractivity (Wildman–Crippen MR) is 80.7 cm³/mol. The van der Waals surface area contributed by atoms with Crippen molar-refractivity contribution < 1.29 is 14.6 Å². The molecule has 0 radical (unpaired) electrons. The zero-order valence-electron chi connectivity index (χ0n) is 12.5. The summed E-state index contributed by atoms with van der Waals surface area (Å²) < 4.78 is 5.36. The summed E-state index contributed by atoms with van der Waals surface area (Å²) in [5.41, 5.74) is 2.62. The van der Waals surface area contributed by atoms with Crippen molar-refractivity contribution >= 4 is 5.97 Å². The van der Waals surface area contributed by atoms with Gasteiger partial charge in [-0.05, 0) is 61.9 Å². The van der Waals surface area contributed by atoms with Gasteiger partial charge in [-0.1, -0.05) is 12.5 Å². The van der Waals surface area contributed by atoms with E-state index in [1.807, 2.05) is 6.07 Å². The number of carboxylic acid groups (broad SMARTS) is 1. The normalized spacial score (nSPS) is 26.1. The number of rotatable bonds is 3. The molecule has 1 aliphatic carbocycles. The molecule has 0 saturated carbocycles. The summed E-state index contributed by atoms with van der Waals surface area (Å²) in [4.78, 5) is 13.8. The van der Waals surface area contributed by atoms with Gasteiger partial charge >= 0.3 is 5.97 Å². The predicted octanol–water partition coefficient (Wildman–Crippen LogP) is 3.01. The summed E-state index contributed by atoms with van der Waals surface area (Å²) in [6, 6.07) is 6.14. The number of fused-ring (bicyclic) bond motifs is 1. The molecule has 1 fully saturated rings. The Morgan fingerprint density at radius 2 is 2.14 bits per heavy atom. The van der Waals surface area contributed by atoms with E-state index in [0.717, 1.165) is 50.8 Å². The van der Waals surface area contributed by atoms with Gasteiger partial charge in [0.05, 0.1) is 7.11 Å². The van der Waals surface area contributed by atoms with E-state index >= 15 is 0 Å². The molecule has 0 bridgehead atoms. The number of carbonyl (C=O) groups is 1. The molecule has 114 valence electrons. The lowest BCUT2D eigenvalue weighted by Crippen LogP contribution is -2.47. The van der Waals surface area contributed by atoms with Crippen LogP contribution in [0.15, 0.2) is 18.2 Å². The zero-order chi connectivity index (χ0) is 14.8. The van der Waals surface area contributed by atoms with Crippen molar-refractivity contribution in [3.05, 3.63) is 29.3 Å². The summed E-state index contributed by atoms with van der Waals surface area (Å²) in [7, 11) is 1.68. The van der Waals surface area contributed by atoms with Crippen LogP contribution in [0.25, 0.3) is 0 Å². The molecule has 21 heavy (non-hydrogen) atoms. The Hall–Kier alpha value is -1.55. The van der Waals surface area contributed by atoms with Crippen molar-refractivity contribution in [2.45, 2.75) is 50.6 Å². The lowest BCUT2D eigenvalue weighted by Gasteiger charge is -2.41. The highest BCUT2D eigenvalue weighted by molar-refractivity contribution is 5.73. The number of hydrogen-bond donors (Lipinski definition) is 1. The fourth-order valence-corrected chi connectivity index (χ4v) is 3.82. The monoisotopic (exact) mass is 289 g/mol. The van der Waals surface area contributed by atoms with Crippen LogP contribution in [0.5, 0.6) is 5.75 Å². The van der Waals surface area contributed by atoms with Gasteiger partial charge in [-0.2, -0.15) is 0 Å². The first kappa shape index (κ1) is 14.4. The SMILES string of the molecule is COc1ccc2c(c1)C(N1CCCCC1C(=O)O)CCC2. The van der Waals surface area contributed by atoms with Crippen LogP contribution < -0.4 is 4.74 Å². The third-order valence-electron chi connectivity index (χ3n) is 4.87. The van der Waals surface area contributed by atoms with Gasteiger partial charge in [0.15, 0.2) is 0 Å². The van der Waals surface area contributed by atoms with Crippen molar-refractivity contribution in [3.63, 3.8) is 0 Å². The molecule has 4 heteroatoms. The Balaban J connectivity index is 1.94. The molecule has 4 nitrogen and oxygen atoms in total. The van der Waals surface area contributed by atoms with Crippen LogP contribution in [0.1, 0.15) is 49.3 Å². The van der Waals surface area contributed by atoms with Gasteiger partial charge < -0.3 is 9.84 Å². The Kier molecular flexibility index (Phi) is 4.15. The van der Waals surface area contributed by atoms with Gasteiger partial charge in [-0.25, -0.2) is 0 Å². The van der Waals surface area contributed by atoms with Crippen molar-refractivity contribution in [1.29, 1.82) is 0 Å². The number of piperidine rings is 1. The first-order valence-corrected chi connectivity index (χ1v) is 7.86. The molecule has 0 aromatic heterocycles. The van der Waals surface area contributed by atoms with E-state index in [4.69, 9.17) is 4.74 Å². The molecular weight excluding hydrogens is 266 g/mol. The van der Waals surface area contributed by atoms with Crippen LogP contribution in [0.3, 0.4) is 0 Å². The van der Waals surface area contributed by atoms with E-state index in [-0.39, 0.29) is 12.1 Å². The molecule has 1 aliphatic heterocycles. The van der Waals surface area contributed by atoms with Crippen LogP contribution in [0.4, 0.5) is 0 Å². The highest BCUT2D eigenvalue weighted by atomic mass is 16.5. The first-order chi connectivity index (χ1) is 10.2. The second-order valence-corrected chi connectivity index (χ2v) is 6.06. The molecule has 2 aliphatic rings. The maximum absolute atomic E-state index is 11.6. The molecule has 1 N–H and O–H groups in total. The molecular formula is C17H23NO3. The number of methoxy groups -OCH3 is 1. The van der Waals surface area contributed by atoms with Crippen molar-refractivity contribution in [2.75, 3.05) is 13.7 Å². The number of aliphatic carboxylic acids is 1. The largest absolute Gasteiger partial charge is 0.497 e. The van der Waals surface area contributed by atoms with Crippen molar-refractivity contribution in [1.82, 2.24) is 4.90 Å². The van der Waals surface area contributed by atoms with Gasteiger partial charge in [0.2, 0.25) is 0 Å². The topological polar surface area (TPSA) is 49.8 Å². The van der Waals surface area contributed by atoms with E-state index in [1.54, 1.807) is 7.11 Å². The third kappa shape index (κ3) is 2.77. The highest BCUT2D eigenvalue weighted by Gasteiger charge is 2.36. The molecule has 1 aromatic rings. The minimum Gasteiger partial charge on any atom is -0.497 e. The van der Waals surface area contributed by atoms with E-state index in [9.17, 15) is 9.90 Å². The number of benzene rings is 1. The highest BCUT2D eigenvalue weighted by Crippen LogP contribution is 2.39. The smallest absolute Gasteiger partial charge is 0.320 e. The van der Waals surface area contributed by atoms with Gasteiger partial charge in [-0.3, -0.25) is 9.69 Å². The van der Waals surface area contributed by atoms with Crippen LogP contribution in [-0.2, 0) is 11.2 Å². The average molecular weight is 289 g/mol. The lowest BCUT2D eigenvalue weighted by atomic mass is 9.84. The molecule has 1 saturated heterocycles. The molecule has 0 amide bonds. The number of likely N-dealkylation sites (tertiary alicyclic amines) is 1. The summed E-state index contributed by atoms with van der Waals surface area (Å²) in [5, 5.41) is 9.52. The number of carboxylic acids is 1. The second-order valence-electron chi connectivity index (χ2n) is 6.06. The summed E-state index contributed by atoms with van der Waals surface area (Å²) >= 11 is 0. The fourth-order valence-electron chi connectivity index (χ4n) is 3.82. The van der Waals surface area contributed by atoms with Gasteiger partial charge in [0.1, 0.15) is 11.8 Å².